The van der Waals surface area contributed by atoms with Gasteiger partial charge in [-0.05, 0) is 46.1 Å². The van der Waals surface area contributed by atoms with Crippen molar-refractivity contribution >= 4 is 16.5 Å². The molecular weight excluding hydrogens is 242 g/mol. The number of thiazole rings is 1. The molecule has 1 aliphatic carbocycles. The first-order valence-electron chi connectivity index (χ1n) is 6.98. The van der Waals surface area contributed by atoms with Crippen LogP contribution in [0.5, 0.6) is 0 Å². The van der Waals surface area contributed by atoms with Gasteiger partial charge >= 0.3 is 0 Å². The summed E-state index contributed by atoms with van der Waals surface area (Å²) in [5.74, 6) is 0.883. The molecule has 0 radical (unpaired) electrons. The zero-order chi connectivity index (χ0) is 13.3. The van der Waals surface area contributed by atoms with Crippen molar-refractivity contribution in [1.82, 2.24) is 10.3 Å². The van der Waals surface area contributed by atoms with Crippen molar-refractivity contribution < 1.29 is 0 Å². The van der Waals surface area contributed by atoms with E-state index in [0.717, 1.165) is 12.5 Å². The van der Waals surface area contributed by atoms with Gasteiger partial charge < -0.3 is 10.2 Å². The topological polar surface area (TPSA) is 28.2 Å². The Morgan fingerprint density at radius 1 is 1.44 bits per heavy atom. The van der Waals surface area contributed by atoms with E-state index in [1.807, 2.05) is 11.3 Å². The van der Waals surface area contributed by atoms with Crippen molar-refractivity contribution in [2.24, 2.45) is 5.92 Å². The summed E-state index contributed by atoms with van der Waals surface area (Å²) in [4.78, 5) is 8.48. The first-order chi connectivity index (χ1) is 8.54. The highest BCUT2D eigenvalue weighted by molar-refractivity contribution is 7.15. The molecule has 1 aliphatic rings. The van der Waals surface area contributed by atoms with E-state index in [0.29, 0.717) is 12.1 Å². The second-order valence-electron chi connectivity index (χ2n) is 5.41. The first-order valence-corrected chi connectivity index (χ1v) is 7.79. The molecule has 4 heteroatoms. The normalized spacial score (nSPS) is 18.7. The maximum absolute atomic E-state index is 4.75. The van der Waals surface area contributed by atoms with E-state index in [1.54, 1.807) is 0 Å². The molecule has 0 amide bonds. The van der Waals surface area contributed by atoms with Crippen LogP contribution >= 0.6 is 11.3 Å². The van der Waals surface area contributed by atoms with Gasteiger partial charge in [-0.15, -0.1) is 11.3 Å². The van der Waals surface area contributed by atoms with Crippen LogP contribution in [0.1, 0.15) is 50.2 Å². The highest BCUT2D eigenvalue weighted by Crippen LogP contribution is 2.38. The van der Waals surface area contributed by atoms with Crippen LogP contribution in [0.4, 0.5) is 5.13 Å². The SMILES string of the molecule is CCNC(C)c1sc(N(C)C(C)C2CC2)nc1C. The number of anilines is 1. The van der Waals surface area contributed by atoms with E-state index in [2.05, 4.69) is 45.0 Å². The van der Waals surface area contributed by atoms with Crippen LogP contribution in [0.25, 0.3) is 0 Å². The average molecular weight is 267 g/mol. The van der Waals surface area contributed by atoms with Crippen molar-refractivity contribution in [3.05, 3.63) is 10.6 Å². The standard InChI is InChI=1S/C14H25N3S/c1-6-15-9(2)13-10(3)16-14(18-13)17(5)11(4)12-7-8-12/h9,11-12,15H,6-8H2,1-5H3. The second-order valence-corrected chi connectivity index (χ2v) is 6.42. The van der Waals surface area contributed by atoms with Crippen LogP contribution in [-0.4, -0.2) is 24.6 Å². The number of rotatable bonds is 6. The van der Waals surface area contributed by atoms with Gasteiger partial charge in [0.15, 0.2) is 5.13 Å². The lowest BCUT2D eigenvalue weighted by Gasteiger charge is -2.24. The molecule has 18 heavy (non-hydrogen) atoms. The van der Waals surface area contributed by atoms with Crippen LogP contribution in [0.3, 0.4) is 0 Å². The molecule has 0 spiro atoms. The van der Waals surface area contributed by atoms with Crippen molar-refractivity contribution in [1.29, 1.82) is 0 Å². The summed E-state index contributed by atoms with van der Waals surface area (Å²) < 4.78 is 0. The summed E-state index contributed by atoms with van der Waals surface area (Å²) >= 11 is 1.84. The third-order valence-electron chi connectivity index (χ3n) is 3.94. The van der Waals surface area contributed by atoms with Gasteiger partial charge in [0.05, 0.1) is 5.69 Å². The molecule has 1 saturated carbocycles. The maximum Gasteiger partial charge on any atom is 0.185 e. The van der Waals surface area contributed by atoms with Crippen LogP contribution in [-0.2, 0) is 0 Å². The van der Waals surface area contributed by atoms with Crippen molar-refractivity contribution in [3.8, 4) is 0 Å². The zero-order valence-electron chi connectivity index (χ0n) is 12.2. The molecule has 0 aliphatic heterocycles. The van der Waals surface area contributed by atoms with Crippen LogP contribution in [0.15, 0.2) is 0 Å². The molecule has 1 heterocycles. The van der Waals surface area contributed by atoms with E-state index >= 15 is 0 Å². The molecule has 1 fully saturated rings. The number of nitrogens with one attached hydrogen (secondary N) is 1. The Bertz CT molecular complexity index is 398. The van der Waals surface area contributed by atoms with Crippen LogP contribution in [0, 0.1) is 12.8 Å². The Morgan fingerprint density at radius 3 is 2.67 bits per heavy atom. The van der Waals surface area contributed by atoms with Gasteiger partial charge in [-0.3, -0.25) is 0 Å². The van der Waals surface area contributed by atoms with E-state index in [9.17, 15) is 0 Å². The lowest BCUT2D eigenvalue weighted by atomic mass is 10.2. The Morgan fingerprint density at radius 2 is 2.11 bits per heavy atom. The van der Waals surface area contributed by atoms with Crippen molar-refractivity contribution in [2.45, 2.75) is 52.6 Å². The molecule has 1 N–H and O–H groups in total. The van der Waals surface area contributed by atoms with Gasteiger partial charge in [-0.25, -0.2) is 4.98 Å². The monoisotopic (exact) mass is 267 g/mol. The summed E-state index contributed by atoms with van der Waals surface area (Å²) in [5, 5.41) is 4.64. The molecule has 2 unspecified atom stereocenters. The highest BCUT2D eigenvalue weighted by atomic mass is 32.1. The van der Waals surface area contributed by atoms with Gasteiger partial charge in [0.25, 0.3) is 0 Å². The fourth-order valence-electron chi connectivity index (χ4n) is 2.41. The molecular formula is C14H25N3S. The van der Waals surface area contributed by atoms with E-state index in [4.69, 9.17) is 4.98 Å². The van der Waals surface area contributed by atoms with E-state index < -0.39 is 0 Å². The summed E-state index contributed by atoms with van der Waals surface area (Å²) in [6.45, 7) is 9.82. The fourth-order valence-corrected chi connectivity index (χ4v) is 3.56. The summed E-state index contributed by atoms with van der Waals surface area (Å²) in [6, 6.07) is 1.03. The van der Waals surface area contributed by atoms with Crippen LogP contribution < -0.4 is 10.2 Å². The first kappa shape index (κ1) is 13.8. The molecule has 102 valence electrons. The number of nitrogens with zero attached hydrogens (tertiary/aromatic N) is 2. The van der Waals surface area contributed by atoms with Crippen molar-refractivity contribution in [2.75, 3.05) is 18.5 Å². The number of aryl methyl sites for hydroxylation is 1. The molecule has 1 aromatic rings. The lowest BCUT2D eigenvalue weighted by Crippen LogP contribution is -2.30. The Kier molecular flexibility index (Phi) is 4.28. The van der Waals surface area contributed by atoms with Crippen LogP contribution in [0.2, 0.25) is 0 Å². The number of aromatic nitrogens is 1. The van der Waals surface area contributed by atoms with Gasteiger partial charge in [0, 0.05) is 24.0 Å². The van der Waals surface area contributed by atoms with Gasteiger partial charge in [0.1, 0.15) is 0 Å². The Balaban J connectivity index is 2.11. The largest absolute Gasteiger partial charge is 0.348 e. The third-order valence-corrected chi connectivity index (χ3v) is 5.37. The molecule has 0 bridgehead atoms. The third kappa shape index (κ3) is 2.86. The summed E-state index contributed by atoms with van der Waals surface area (Å²) in [5.41, 5.74) is 1.18. The molecule has 0 aromatic carbocycles. The molecule has 3 nitrogen and oxygen atoms in total. The smallest absolute Gasteiger partial charge is 0.185 e. The minimum Gasteiger partial charge on any atom is -0.348 e. The second kappa shape index (κ2) is 5.57. The molecule has 0 saturated heterocycles. The van der Waals surface area contributed by atoms with Gasteiger partial charge in [-0.2, -0.15) is 0 Å². The molecule has 1 aromatic heterocycles. The fraction of sp³-hybridized carbons (Fsp3) is 0.786. The molecule has 2 rings (SSSR count). The lowest BCUT2D eigenvalue weighted by molar-refractivity contribution is 0.602. The van der Waals surface area contributed by atoms with Crippen molar-refractivity contribution in [3.63, 3.8) is 0 Å². The highest BCUT2D eigenvalue weighted by Gasteiger charge is 2.32. The predicted molar refractivity (Wildman–Crippen MR) is 79.5 cm³/mol. The molecule has 2 atom stereocenters. The summed E-state index contributed by atoms with van der Waals surface area (Å²) in [6.07, 6.45) is 2.77. The Labute approximate surface area is 115 Å². The number of hydrogen-bond acceptors (Lipinski definition) is 4. The predicted octanol–water partition coefficient (Wildman–Crippen LogP) is 3.36. The minimum absolute atomic E-state index is 0.408. The van der Waals surface area contributed by atoms with E-state index in [-0.39, 0.29) is 0 Å². The van der Waals surface area contributed by atoms with Gasteiger partial charge in [0.2, 0.25) is 0 Å². The van der Waals surface area contributed by atoms with Gasteiger partial charge in [-0.1, -0.05) is 6.92 Å². The zero-order valence-corrected chi connectivity index (χ0v) is 13.0. The Hall–Kier alpha value is -0.610. The van der Waals surface area contributed by atoms with E-state index in [1.165, 1.54) is 28.5 Å². The summed E-state index contributed by atoms with van der Waals surface area (Å²) in [7, 11) is 2.18. The average Bonchev–Trinajstić information content (AvgIpc) is 3.11. The minimum atomic E-state index is 0.408. The quantitative estimate of drug-likeness (QED) is 0.856. The maximum atomic E-state index is 4.75. The number of hydrogen-bond donors (Lipinski definition) is 1.